The molecule has 0 bridgehead atoms. The molecule has 32 heavy (non-hydrogen) atoms. The molecule has 0 atom stereocenters. The van der Waals surface area contributed by atoms with Crippen molar-refractivity contribution in [3.8, 4) is 16.9 Å². The van der Waals surface area contributed by atoms with E-state index >= 15 is 0 Å². The molecule has 1 fully saturated rings. The van der Waals surface area contributed by atoms with Gasteiger partial charge in [0.15, 0.2) is 5.65 Å². The number of rotatable bonds is 6. The molecule has 1 saturated heterocycles. The minimum Gasteiger partial charge on any atom is -0.492 e. The van der Waals surface area contributed by atoms with Crippen LogP contribution in [0, 0.1) is 0 Å². The molecular weight excluding hydrogens is 404 g/mol. The Morgan fingerprint density at radius 2 is 2.03 bits per heavy atom. The number of fused-ring (bicyclic) bond motifs is 3. The maximum Gasteiger partial charge on any atom is 0.178 e. The first-order valence-electron chi connectivity index (χ1n) is 11.1. The van der Waals surface area contributed by atoms with E-state index in [0.29, 0.717) is 6.61 Å². The van der Waals surface area contributed by atoms with Crippen molar-refractivity contribution >= 4 is 22.4 Å². The van der Waals surface area contributed by atoms with E-state index in [1.165, 1.54) is 0 Å². The van der Waals surface area contributed by atoms with Gasteiger partial charge < -0.3 is 20.3 Å². The van der Waals surface area contributed by atoms with Crippen molar-refractivity contribution in [3.05, 3.63) is 36.8 Å². The standard InChI is InChI=1S/C23H30N8O/c1-4-32-17-11-18(21-19-13-26-27-22(19)28-31(21)14-17)16-5-6-20(25-12-16)30-9-7-23(24,8-10-30)15-29(2)3/h5-6,11-14H,4,7-10,15,24H2,1-3H3,(H,27,28). The van der Waals surface area contributed by atoms with Crippen LogP contribution in [0.4, 0.5) is 5.82 Å². The number of nitrogens with zero attached hydrogens (tertiary/aromatic N) is 6. The summed E-state index contributed by atoms with van der Waals surface area (Å²) in [5.41, 5.74) is 10.3. The van der Waals surface area contributed by atoms with Crippen LogP contribution in [-0.2, 0) is 0 Å². The van der Waals surface area contributed by atoms with E-state index < -0.39 is 0 Å². The zero-order valence-electron chi connectivity index (χ0n) is 18.9. The van der Waals surface area contributed by atoms with Crippen LogP contribution < -0.4 is 15.4 Å². The van der Waals surface area contributed by atoms with Crippen LogP contribution in [0.15, 0.2) is 36.8 Å². The van der Waals surface area contributed by atoms with Crippen molar-refractivity contribution in [3.63, 3.8) is 0 Å². The summed E-state index contributed by atoms with van der Waals surface area (Å²) in [6.07, 6.45) is 7.56. The topological polar surface area (TPSA) is 101 Å². The summed E-state index contributed by atoms with van der Waals surface area (Å²) in [7, 11) is 4.16. The highest BCUT2D eigenvalue weighted by atomic mass is 16.5. The van der Waals surface area contributed by atoms with Gasteiger partial charge >= 0.3 is 0 Å². The number of likely N-dealkylation sites (N-methyl/N-ethyl adjacent to an activating group) is 1. The number of piperidine rings is 1. The fraction of sp³-hybridized carbons (Fsp3) is 0.435. The SMILES string of the molecule is CCOc1cc(-c2ccc(N3CCC(N)(CN(C)C)CC3)nc2)c2c3cn[nH]c3nn2c1. The van der Waals surface area contributed by atoms with Gasteiger partial charge in [-0.25, -0.2) is 9.50 Å². The summed E-state index contributed by atoms with van der Waals surface area (Å²) in [6, 6.07) is 6.27. The zero-order valence-corrected chi connectivity index (χ0v) is 18.9. The minimum atomic E-state index is -0.122. The number of anilines is 1. The lowest BCUT2D eigenvalue weighted by molar-refractivity contribution is 0.240. The Kier molecular flexibility index (Phi) is 5.22. The largest absolute Gasteiger partial charge is 0.492 e. The van der Waals surface area contributed by atoms with Gasteiger partial charge in [-0.2, -0.15) is 5.10 Å². The van der Waals surface area contributed by atoms with Gasteiger partial charge in [-0.05, 0) is 52.1 Å². The molecule has 3 N–H and O–H groups in total. The summed E-state index contributed by atoms with van der Waals surface area (Å²) >= 11 is 0. The smallest absolute Gasteiger partial charge is 0.178 e. The summed E-state index contributed by atoms with van der Waals surface area (Å²) in [5.74, 6) is 1.76. The van der Waals surface area contributed by atoms with Gasteiger partial charge in [-0.15, -0.1) is 5.10 Å². The van der Waals surface area contributed by atoms with Crippen molar-refractivity contribution in [2.45, 2.75) is 25.3 Å². The molecule has 4 aromatic heterocycles. The third-order valence-corrected chi connectivity index (χ3v) is 6.19. The van der Waals surface area contributed by atoms with Gasteiger partial charge in [-0.3, -0.25) is 5.10 Å². The Labute approximate surface area is 187 Å². The van der Waals surface area contributed by atoms with Crippen LogP contribution in [0.1, 0.15) is 19.8 Å². The lowest BCUT2D eigenvalue weighted by atomic mass is 9.88. The van der Waals surface area contributed by atoms with Crippen LogP contribution in [0.5, 0.6) is 5.75 Å². The second-order valence-electron chi connectivity index (χ2n) is 8.94. The number of aromatic nitrogens is 5. The normalized spacial score (nSPS) is 16.3. The lowest BCUT2D eigenvalue weighted by Gasteiger charge is -2.41. The van der Waals surface area contributed by atoms with Gasteiger partial charge in [0.25, 0.3) is 0 Å². The molecule has 168 valence electrons. The monoisotopic (exact) mass is 434 g/mol. The van der Waals surface area contributed by atoms with E-state index in [1.54, 1.807) is 0 Å². The molecule has 1 aliphatic heterocycles. The molecule has 5 heterocycles. The number of H-pyrrole nitrogens is 1. The van der Waals surface area contributed by atoms with Crippen LogP contribution in [0.25, 0.3) is 27.7 Å². The van der Waals surface area contributed by atoms with E-state index in [2.05, 4.69) is 57.4 Å². The average Bonchev–Trinajstić information content (AvgIpc) is 3.34. The molecule has 4 aromatic rings. The van der Waals surface area contributed by atoms with Gasteiger partial charge in [0.2, 0.25) is 0 Å². The second kappa shape index (κ2) is 8.07. The summed E-state index contributed by atoms with van der Waals surface area (Å²) < 4.78 is 7.64. The number of pyridine rings is 2. The lowest BCUT2D eigenvalue weighted by Crippen LogP contribution is -2.55. The van der Waals surface area contributed by atoms with E-state index in [-0.39, 0.29) is 5.54 Å². The molecule has 0 amide bonds. The van der Waals surface area contributed by atoms with Crippen molar-refractivity contribution in [2.75, 3.05) is 45.2 Å². The summed E-state index contributed by atoms with van der Waals surface area (Å²) in [6.45, 7) is 5.31. The summed E-state index contributed by atoms with van der Waals surface area (Å²) in [5, 5.41) is 12.7. The number of nitrogens with one attached hydrogen (secondary N) is 1. The quantitative estimate of drug-likeness (QED) is 0.481. The Hall–Kier alpha value is -3.17. The third-order valence-electron chi connectivity index (χ3n) is 6.19. The van der Waals surface area contributed by atoms with Crippen molar-refractivity contribution in [2.24, 2.45) is 5.73 Å². The fourth-order valence-electron chi connectivity index (χ4n) is 4.71. The van der Waals surface area contributed by atoms with Crippen molar-refractivity contribution in [1.29, 1.82) is 0 Å². The molecule has 0 saturated carbocycles. The van der Waals surface area contributed by atoms with Gasteiger partial charge in [0.1, 0.15) is 11.6 Å². The first-order valence-corrected chi connectivity index (χ1v) is 11.1. The van der Waals surface area contributed by atoms with E-state index in [0.717, 1.165) is 71.7 Å². The molecule has 9 nitrogen and oxygen atoms in total. The number of hydrogen-bond acceptors (Lipinski definition) is 7. The highest BCUT2D eigenvalue weighted by Gasteiger charge is 2.31. The predicted molar refractivity (Wildman–Crippen MR) is 126 cm³/mol. The molecule has 0 aliphatic carbocycles. The van der Waals surface area contributed by atoms with Gasteiger partial charge in [0, 0.05) is 42.5 Å². The molecule has 9 heteroatoms. The molecular formula is C23H30N8O. The van der Waals surface area contributed by atoms with Crippen LogP contribution >= 0.6 is 0 Å². The predicted octanol–water partition coefficient (Wildman–Crippen LogP) is 2.53. The second-order valence-corrected chi connectivity index (χ2v) is 8.94. The Morgan fingerprint density at radius 1 is 1.22 bits per heavy atom. The molecule has 1 aliphatic rings. The Balaban J connectivity index is 1.44. The van der Waals surface area contributed by atoms with Crippen molar-refractivity contribution < 1.29 is 4.74 Å². The van der Waals surface area contributed by atoms with Crippen LogP contribution in [0.2, 0.25) is 0 Å². The molecule has 0 spiro atoms. The minimum absolute atomic E-state index is 0.122. The van der Waals surface area contributed by atoms with E-state index in [9.17, 15) is 0 Å². The Bertz CT molecular complexity index is 1220. The number of nitrogens with two attached hydrogens (primary N) is 1. The van der Waals surface area contributed by atoms with E-state index in [1.807, 2.05) is 30.0 Å². The number of hydrogen-bond donors (Lipinski definition) is 2. The van der Waals surface area contributed by atoms with Gasteiger partial charge in [-0.1, -0.05) is 0 Å². The third kappa shape index (κ3) is 3.78. The molecule has 0 aromatic carbocycles. The first kappa shape index (κ1) is 20.7. The molecule has 5 rings (SSSR count). The number of ether oxygens (including phenoxy) is 1. The maximum absolute atomic E-state index is 6.60. The molecule has 0 unspecified atom stereocenters. The summed E-state index contributed by atoms with van der Waals surface area (Å²) in [4.78, 5) is 9.30. The zero-order chi connectivity index (χ0) is 22.3. The van der Waals surface area contributed by atoms with Crippen molar-refractivity contribution in [1.82, 2.24) is 29.7 Å². The first-order chi connectivity index (χ1) is 15.5. The highest BCUT2D eigenvalue weighted by molar-refractivity contribution is 6.00. The molecule has 0 radical (unpaired) electrons. The Morgan fingerprint density at radius 3 is 2.72 bits per heavy atom. The van der Waals surface area contributed by atoms with Crippen LogP contribution in [-0.4, -0.2) is 75.6 Å². The average molecular weight is 435 g/mol. The van der Waals surface area contributed by atoms with E-state index in [4.69, 9.17) is 15.5 Å². The van der Waals surface area contributed by atoms with Crippen LogP contribution in [0.3, 0.4) is 0 Å². The highest BCUT2D eigenvalue weighted by Crippen LogP contribution is 2.33. The maximum atomic E-state index is 6.60. The van der Waals surface area contributed by atoms with Gasteiger partial charge in [0.05, 0.1) is 29.9 Å². The fourth-order valence-corrected chi connectivity index (χ4v) is 4.71. The number of aromatic amines is 1.